The number of nitro benzene ring substituents is 1. The monoisotopic (exact) mass is 548 g/mol. The first-order valence-electron chi connectivity index (χ1n) is 13.4. The number of hydrogen-bond donors (Lipinski definition) is 0. The van der Waals surface area contributed by atoms with Crippen molar-refractivity contribution < 1.29 is 24.0 Å². The lowest BCUT2D eigenvalue weighted by atomic mass is 9.78. The molecule has 0 spiro atoms. The van der Waals surface area contributed by atoms with Crippen molar-refractivity contribution in [2.75, 3.05) is 13.7 Å². The number of likely N-dealkylation sites (tertiary alicyclic amines) is 1. The third-order valence-electron chi connectivity index (χ3n) is 8.36. The summed E-state index contributed by atoms with van der Waals surface area (Å²) >= 11 is 0. The summed E-state index contributed by atoms with van der Waals surface area (Å²) in [5, 5.41) is 11.1. The van der Waals surface area contributed by atoms with E-state index in [4.69, 9.17) is 9.47 Å². The van der Waals surface area contributed by atoms with E-state index in [1.807, 2.05) is 49.4 Å². The highest BCUT2D eigenvalue weighted by Gasteiger charge is 2.58. The van der Waals surface area contributed by atoms with Crippen LogP contribution in [0.2, 0.25) is 0 Å². The number of benzene rings is 4. The van der Waals surface area contributed by atoms with Gasteiger partial charge in [0.15, 0.2) is 0 Å². The first-order valence-corrected chi connectivity index (χ1v) is 13.4. The van der Waals surface area contributed by atoms with Crippen LogP contribution in [-0.2, 0) is 19.8 Å². The van der Waals surface area contributed by atoms with Gasteiger partial charge in [-0.2, -0.15) is 0 Å². The Morgan fingerprint density at radius 2 is 1.41 bits per heavy atom. The lowest BCUT2D eigenvalue weighted by Gasteiger charge is -2.44. The normalized spacial score (nSPS) is 20.6. The average molecular weight is 549 g/mol. The van der Waals surface area contributed by atoms with Gasteiger partial charge in [0.1, 0.15) is 12.1 Å². The third-order valence-corrected chi connectivity index (χ3v) is 8.36. The molecule has 0 amide bonds. The second-order valence-electron chi connectivity index (χ2n) is 10.4. The van der Waals surface area contributed by atoms with Gasteiger partial charge >= 0.3 is 11.9 Å². The van der Waals surface area contributed by atoms with Crippen LogP contribution in [0.3, 0.4) is 0 Å². The third kappa shape index (κ3) is 4.10. The Morgan fingerprint density at radius 3 is 1.98 bits per heavy atom. The molecule has 1 saturated heterocycles. The summed E-state index contributed by atoms with van der Waals surface area (Å²) in [6.45, 7) is 2.15. The number of nitrogens with zero attached hydrogens (tertiary/aromatic N) is 2. The molecular weight excluding hydrogens is 520 g/mol. The van der Waals surface area contributed by atoms with Gasteiger partial charge in [0.05, 0.1) is 23.1 Å². The summed E-state index contributed by atoms with van der Waals surface area (Å²) < 4.78 is 11.4. The minimum Gasteiger partial charge on any atom is -0.468 e. The fourth-order valence-electron chi connectivity index (χ4n) is 6.52. The van der Waals surface area contributed by atoms with Crippen molar-refractivity contribution in [3.05, 3.63) is 135 Å². The van der Waals surface area contributed by atoms with E-state index in [2.05, 4.69) is 41.3 Å². The molecule has 0 radical (unpaired) electrons. The summed E-state index contributed by atoms with van der Waals surface area (Å²) in [5.74, 6) is -1.43. The van der Waals surface area contributed by atoms with Gasteiger partial charge < -0.3 is 9.47 Å². The van der Waals surface area contributed by atoms with Crippen LogP contribution >= 0.6 is 0 Å². The molecule has 8 heteroatoms. The molecule has 41 heavy (non-hydrogen) atoms. The van der Waals surface area contributed by atoms with Crippen molar-refractivity contribution in [3.8, 4) is 11.1 Å². The zero-order valence-electron chi connectivity index (χ0n) is 22.6. The summed E-state index contributed by atoms with van der Waals surface area (Å²) in [6, 6.07) is 31.0. The number of esters is 2. The maximum atomic E-state index is 13.5. The van der Waals surface area contributed by atoms with Crippen LogP contribution in [0.15, 0.2) is 103 Å². The summed E-state index contributed by atoms with van der Waals surface area (Å²) in [5.41, 5.74) is 4.45. The molecule has 3 atom stereocenters. The van der Waals surface area contributed by atoms with Crippen molar-refractivity contribution >= 4 is 17.6 Å². The van der Waals surface area contributed by atoms with Crippen molar-refractivity contribution in [2.24, 2.45) is 5.92 Å². The van der Waals surface area contributed by atoms with Crippen LogP contribution in [0.4, 0.5) is 5.69 Å². The zero-order valence-corrected chi connectivity index (χ0v) is 22.6. The molecule has 0 bridgehead atoms. The maximum Gasteiger partial charge on any atom is 0.338 e. The average Bonchev–Trinajstić information content (AvgIpc) is 3.49. The van der Waals surface area contributed by atoms with Crippen LogP contribution in [-0.4, -0.2) is 47.6 Å². The van der Waals surface area contributed by atoms with Crippen molar-refractivity contribution in [3.63, 3.8) is 0 Å². The predicted molar refractivity (Wildman–Crippen MR) is 152 cm³/mol. The predicted octanol–water partition coefficient (Wildman–Crippen LogP) is 5.59. The number of rotatable bonds is 6. The summed E-state index contributed by atoms with van der Waals surface area (Å²) in [7, 11) is 1.37. The van der Waals surface area contributed by atoms with Gasteiger partial charge in [0, 0.05) is 24.6 Å². The smallest absolute Gasteiger partial charge is 0.338 e. The largest absolute Gasteiger partial charge is 0.468 e. The van der Waals surface area contributed by atoms with Gasteiger partial charge in [-0.25, -0.2) is 4.79 Å². The number of nitro groups is 1. The van der Waals surface area contributed by atoms with Gasteiger partial charge in [-0.05, 0) is 39.9 Å². The molecule has 4 aromatic rings. The van der Waals surface area contributed by atoms with E-state index in [9.17, 15) is 19.7 Å². The number of hydrogen-bond acceptors (Lipinski definition) is 7. The summed E-state index contributed by atoms with van der Waals surface area (Å²) in [6.07, 6.45) is -0.651. The molecule has 2 aliphatic rings. The van der Waals surface area contributed by atoms with E-state index < -0.39 is 40.5 Å². The van der Waals surface area contributed by atoms with Gasteiger partial charge in [0.2, 0.25) is 0 Å². The zero-order chi connectivity index (χ0) is 28.7. The van der Waals surface area contributed by atoms with Crippen LogP contribution in [0.25, 0.3) is 11.1 Å². The molecule has 0 saturated carbocycles. The summed E-state index contributed by atoms with van der Waals surface area (Å²) in [4.78, 5) is 39.4. The molecule has 0 N–H and O–H groups in total. The molecule has 8 nitrogen and oxygen atoms in total. The first-order chi connectivity index (χ1) is 19.9. The van der Waals surface area contributed by atoms with Gasteiger partial charge in [0.25, 0.3) is 5.69 Å². The molecule has 1 aliphatic heterocycles. The molecule has 206 valence electrons. The number of methoxy groups -OCH3 is 1. The van der Waals surface area contributed by atoms with Crippen LogP contribution in [0, 0.1) is 16.0 Å². The Hall–Kier alpha value is -4.82. The highest BCUT2D eigenvalue weighted by Crippen LogP contribution is 2.56. The lowest BCUT2D eigenvalue weighted by Crippen LogP contribution is -2.53. The molecule has 4 aromatic carbocycles. The first kappa shape index (κ1) is 26.4. The molecule has 1 unspecified atom stereocenters. The highest BCUT2D eigenvalue weighted by atomic mass is 16.6. The molecule has 1 heterocycles. The number of fused-ring (bicyclic) bond motifs is 3. The Morgan fingerprint density at radius 1 is 0.854 bits per heavy atom. The topological polar surface area (TPSA) is 99.0 Å². The number of non-ortho nitro benzene ring substituents is 1. The fourth-order valence-corrected chi connectivity index (χ4v) is 6.52. The number of carbonyl (C=O) groups is 2. The van der Waals surface area contributed by atoms with E-state index in [1.54, 1.807) is 0 Å². The molecule has 0 aromatic heterocycles. The molecule has 1 fully saturated rings. The van der Waals surface area contributed by atoms with Crippen molar-refractivity contribution in [2.45, 2.75) is 24.6 Å². The van der Waals surface area contributed by atoms with Crippen LogP contribution in [0.5, 0.6) is 0 Å². The van der Waals surface area contributed by atoms with Gasteiger partial charge in [-0.1, -0.05) is 85.8 Å². The van der Waals surface area contributed by atoms with E-state index in [0.717, 1.165) is 27.8 Å². The molecule has 6 rings (SSSR count). The second kappa shape index (κ2) is 10.3. The minimum atomic E-state index is -0.851. The molecule has 1 aliphatic carbocycles. The standard InChI is InChI=1S/C33H28N2O6/c1-21-29(41-31(36)22-16-18-24(19-17-22)35(38)39)20-34(30(21)32(37)40-2)33(23-10-4-3-5-11-23)27-14-8-6-12-25(27)26-13-7-9-15-28(26)33/h3-19,21,29-30H,20H2,1-2H3/t21-,29?,30+/m1/s1. The number of carbonyl (C=O) groups excluding carboxylic acids is 2. The van der Waals surface area contributed by atoms with E-state index in [-0.39, 0.29) is 17.8 Å². The Balaban J connectivity index is 1.48. The van der Waals surface area contributed by atoms with E-state index in [0.29, 0.717) is 0 Å². The quantitative estimate of drug-likeness (QED) is 0.176. The minimum absolute atomic E-state index is 0.115. The van der Waals surface area contributed by atoms with E-state index in [1.165, 1.54) is 31.4 Å². The molecular formula is C33H28N2O6. The lowest BCUT2D eigenvalue weighted by molar-refractivity contribution is -0.384. The van der Waals surface area contributed by atoms with Crippen molar-refractivity contribution in [1.29, 1.82) is 0 Å². The maximum absolute atomic E-state index is 13.5. The fraction of sp³-hybridized carbons (Fsp3) is 0.212. The van der Waals surface area contributed by atoms with Crippen LogP contribution in [0.1, 0.15) is 34.0 Å². The Bertz CT molecular complexity index is 1590. The highest BCUT2D eigenvalue weighted by molar-refractivity contribution is 5.90. The SMILES string of the molecule is COC(=O)[C@@H]1[C@H](C)C(OC(=O)c2ccc([N+](=O)[O-])cc2)CN1C1(c2ccccc2)c2ccccc2-c2ccccc21. The Kier molecular flexibility index (Phi) is 6.63. The second-order valence-corrected chi connectivity index (χ2v) is 10.4. The number of ether oxygens (including phenoxy) is 2. The van der Waals surface area contributed by atoms with Crippen LogP contribution < -0.4 is 0 Å². The van der Waals surface area contributed by atoms with Gasteiger partial charge in [-0.15, -0.1) is 0 Å². The Labute approximate surface area is 237 Å². The van der Waals surface area contributed by atoms with Crippen molar-refractivity contribution in [1.82, 2.24) is 4.90 Å². The van der Waals surface area contributed by atoms with E-state index >= 15 is 0 Å². The van der Waals surface area contributed by atoms with Gasteiger partial charge in [-0.3, -0.25) is 19.8 Å².